The molecule has 396 valence electrons. The topological polar surface area (TPSA) is 188 Å². The summed E-state index contributed by atoms with van der Waals surface area (Å²) < 4.78 is 11.6. The van der Waals surface area contributed by atoms with Crippen molar-refractivity contribution in [2.24, 2.45) is 35.5 Å². The van der Waals surface area contributed by atoms with Gasteiger partial charge < -0.3 is 29.3 Å². The number of ketones is 2. The minimum atomic E-state index is -1.01. The predicted octanol–water partition coefficient (Wildman–Crippen LogP) is 7.60. The summed E-state index contributed by atoms with van der Waals surface area (Å²) in [7, 11) is 6.57. The number of aliphatic carboxylic acids is 1. The van der Waals surface area contributed by atoms with Gasteiger partial charge in [0.2, 0.25) is 29.5 Å². The Bertz CT molecular complexity index is 1860. The van der Waals surface area contributed by atoms with Crippen LogP contribution in [0.15, 0.2) is 30.3 Å². The molecule has 0 radical (unpaired) electrons. The highest BCUT2D eigenvalue weighted by molar-refractivity contribution is 8.00. The second-order valence-corrected chi connectivity index (χ2v) is 21.4. The third-order valence-electron chi connectivity index (χ3n) is 14.8. The van der Waals surface area contributed by atoms with Crippen LogP contribution in [0.4, 0.5) is 0 Å². The number of unbranched alkanes of at least 4 members (excludes halogenated alkanes) is 2. The number of hydrogen-bond acceptors (Lipinski definition) is 11. The summed E-state index contributed by atoms with van der Waals surface area (Å²) >= 11 is 1.42. The van der Waals surface area contributed by atoms with Gasteiger partial charge in [-0.05, 0) is 67.6 Å². The third-order valence-corrected chi connectivity index (χ3v) is 15.8. The maximum Gasteiger partial charge on any atom is 0.307 e. The first kappa shape index (κ1) is 62.0. The smallest absolute Gasteiger partial charge is 0.307 e. The lowest BCUT2D eigenvalue weighted by atomic mass is 9.85. The van der Waals surface area contributed by atoms with Gasteiger partial charge in [0, 0.05) is 79.9 Å². The van der Waals surface area contributed by atoms with E-state index in [0.29, 0.717) is 63.5 Å². The molecule has 0 aromatic heterocycles. The maximum atomic E-state index is 13.6. The largest absolute Gasteiger partial charge is 0.481 e. The van der Waals surface area contributed by atoms with Crippen molar-refractivity contribution >= 4 is 58.8 Å². The fourth-order valence-corrected chi connectivity index (χ4v) is 10.5. The molecule has 16 heteroatoms. The van der Waals surface area contributed by atoms with Crippen LogP contribution in [0.1, 0.15) is 139 Å². The second-order valence-electron chi connectivity index (χ2n) is 20.4. The second kappa shape index (κ2) is 30.7. The Morgan fingerprint density at radius 3 is 1.99 bits per heavy atom. The number of carbonyl (C=O) groups is 8. The molecule has 2 saturated heterocycles. The molecular formula is C54H88N4O11S. The van der Waals surface area contributed by atoms with Crippen molar-refractivity contribution in [3.8, 4) is 0 Å². The number of imide groups is 1. The third kappa shape index (κ3) is 18.2. The first-order chi connectivity index (χ1) is 33.0. The van der Waals surface area contributed by atoms with Crippen LogP contribution in [-0.2, 0) is 54.3 Å². The Balaban J connectivity index is 0.000000501. The summed E-state index contributed by atoms with van der Waals surface area (Å²) in [5.41, 5.74) is 0.866. The summed E-state index contributed by atoms with van der Waals surface area (Å²) in [6.07, 6.45) is 6.70. The number of thioether (sulfide) groups is 1. The molecule has 10 atom stereocenters. The van der Waals surface area contributed by atoms with Gasteiger partial charge in [-0.15, -0.1) is 0 Å². The zero-order valence-corrected chi connectivity index (χ0v) is 45.8. The molecule has 1 N–H and O–H groups in total. The van der Waals surface area contributed by atoms with Gasteiger partial charge in [-0.1, -0.05) is 98.6 Å². The lowest BCUT2D eigenvalue weighted by molar-refractivity contribution is -0.147. The number of hydrogen-bond donors (Lipinski definition) is 1. The van der Waals surface area contributed by atoms with Gasteiger partial charge in [0.05, 0.1) is 47.9 Å². The maximum absolute atomic E-state index is 13.6. The molecular weight excluding hydrogens is 913 g/mol. The van der Waals surface area contributed by atoms with Crippen molar-refractivity contribution in [2.75, 3.05) is 47.7 Å². The highest BCUT2D eigenvalue weighted by atomic mass is 32.2. The molecule has 3 rings (SSSR count). The summed E-state index contributed by atoms with van der Waals surface area (Å²) in [6.45, 7) is 18.6. The number of nitrogens with zero attached hydrogens (tertiary/aromatic N) is 4. The lowest BCUT2D eigenvalue weighted by Gasteiger charge is -2.39. The number of carbonyl (C=O) groups excluding carboxylic acids is 7. The van der Waals surface area contributed by atoms with E-state index < -0.39 is 30.0 Å². The van der Waals surface area contributed by atoms with E-state index in [9.17, 15) is 43.5 Å². The van der Waals surface area contributed by atoms with Crippen molar-refractivity contribution in [3.05, 3.63) is 35.9 Å². The number of Topliss-reactive ketones (excluding diaryl/α,β-unsaturated/α-hetero) is 2. The van der Waals surface area contributed by atoms with E-state index in [-0.39, 0.29) is 95.6 Å². The van der Waals surface area contributed by atoms with Crippen LogP contribution in [0.2, 0.25) is 0 Å². The van der Waals surface area contributed by atoms with Gasteiger partial charge in [0.1, 0.15) is 5.78 Å². The van der Waals surface area contributed by atoms with Gasteiger partial charge in [0.25, 0.3) is 0 Å². The van der Waals surface area contributed by atoms with Gasteiger partial charge >= 0.3 is 5.97 Å². The van der Waals surface area contributed by atoms with Crippen LogP contribution < -0.4 is 0 Å². The van der Waals surface area contributed by atoms with Crippen LogP contribution in [0.25, 0.3) is 0 Å². The van der Waals surface area contributed by atoms with Crippen molar-refractivity contribution in [1.29, 1.82) is 0 Å². The van der Waals surface area contributed by atoms with E-state index >= 15 is 0 Å². The van der Waals surface area contributed by atoms with Gasteiger partial charge in [-0.25, -0.2) is 0 Å². The van der Waals surface area contributed by atoms with E-state index in [1.807, 2.05) is 57.4 Å². The van der Waals surface area contributed by atoms with E-state index in [4.69, 9.17) is 9.47 Å². The highest BCUT2D eigenvalue weighted by Gasteiger charge is 2.43. The SMILES string of the molecule is CC[C@H](C)[C@@H]([C@@H](CC(=O)N1CCC[C@H]1[C@H](OC)[C@@H](C)C(=O)C[C@@H](Cc1ccccc1)C(=O)O)OC)N(C)C(C)=O.CSC1CC(=O)N(CCCCCC(=O)N(C)[C@H](C(=O)C[C@H](C)C(C)C)C(C)C)C1=O. The average Bonchev–Trinajstić information content (AvgIpc) is 3.91. The zero-order valence-electron chi connectivity index (χ0n) is 44.9. The number of ether oxygens (including phenoxy) is 2. The Morgan fingerprint density at radius 2 is 1.47 bits per heavy atom. The quantitative estimate of drug-likeness (QED) is 0.0613. The summed E-state index contributed by atoms with van der Waals surface area (Å²) in [6, 6.07) is 8.33. The zero-order chi connectivity index (χ0) is 53.0. The molecule has 2 aliphatic heterocycles. The fourth-order valence-electron chi connectivity index (χ4n) is 9.81. The Labute approximate surface area is 423 Å². The molecule has 5 amide bonds. The average molecular weight is 1000 g/mol. The minimum absolute atomic E-state index is 0.0185. The number of carboxylic acid groups (broad SMARTS) is 1. The molecule has 70 heavy (non-hydrogen) atoms. The summed E-state index contributed by atoms with van der Waals surface area (Å²) in [4.78, 5) is 107. The van der Waals surface area contributed by atoms with Crippen molar-refractivity contribution < 1.29 is 52.9 Å². The lowest BCUT2D eigenvalue weighted by Crippen LogP contribution is -2.52. The van der Waals surface area contributed by atoms with E-state index in [2.05, 4.69) is 27.7 Å². The van der Waals surface area contributed by atoms with E-state index in [0.717, 1.165) is 24.8 Å². The molecule has 1 aromatic rings. The predicted molar refractivity (Wildman–Crippen MR) is 275 cm³/mol. The molecule has 2 heterocycles. The first-order valence-corrected chi connectivity index (χ1v) is 26.8. The number of carboxylic acids is 1. The molecule has 2 fully saturated rings. The molecule has 2 aliphatic rings. The number of likely N-dealkylation sites (N-methyl/N-ethyl adjacent to an activating group) is 2. The standard InChI is InChI=1S/C31H48N2O7.C23H40N2O4S/c1-8-20(2)29(32(5)22(4)34)27(39-6)19-28(36)33-16-12-15-25(33)30(40-7)21(3)26(35)18-24(31(37)38)17-23-13-10-9-11-14-23;1-15(2)17(5)13-18(26)22(16(3)4)24(6)20(27)11-9-8-10-12-25-21(28)14-19(30-7)23(25)29/h9-11,13-14,20-21,24-25,27,29-30H,8,12,15-19H2,1-7H3,(H,37,38);15-17,19,22H,8-14H2,1-7H3/t20-,21-,24+,25-,27+,29-,30+;17-,19?,22-/m00/s1. The van der Waals surface area contributed by atoms with Gasteiger partial charge in [-0.2, -0.15) is 11.8 Å². The summed E-state index contributed by atoms with van der Waals surface area (Å²) in [5.74, 6) is -1.94. The van der Waals surface area contributed by atoms with Crippen molar-refractivity contribution in [1.82, 2.24) is 19.6 Å². The minimum Gasteiger partial charge on any atom is -0.481 e. The Kier molecular flexibility index (Phi) is 27.1. The normalized spacial score (nSPS) is 19.4. The molecule has 1 aromatic carbocycles. The van der Waals surface area contributed by atoms with Crippen LogP contribution in [-0.4, -0.2) is 155 Å². The molecule has 0 spiro atoms. The van der Waals surface area contributed by atoms with Crippen LogP contribution in [0.3, 0.4) is 0 Å². The number of methoxy groups -OCH3 is 2. The number of likely N-dealkylation sites (tertiary alicyclic amines) is 2. The monoisotopic (exact) mass is 1000 g/mol. The molecule has 1 unspecified atom stereocenters. The van der Waals surface area contributed by atoms with Crippen LogP contribution in [0.5, 0.6) is 0 Å². The van der Waals surface area contributed by atoms with E-state index in [1.165, 1.54) is 30.7 Å². The van der Waals surface area contributed by atoms with Crippen LogP contribution in [0, 0.1) is 35.5 Å². The first-order valence-electron chi connectivity index (χ1n) is 25.5. The number of amides is 5. The Hall–Kier alpha value is -4.15. The van der Waals surface area contributed by atoms with Gasteiger partial charge in [0.15, 0.2) is 5.78 Å². The van der Waals surface area contributed by atoms with Crippen molar-refractivity contribution in [2.45, 2.75) is 175 Å². The fraction of sp³-hybridized carbons (Fsp3) is 0.741. The van der Waals surface area contributed by atoms with E-state index in [1.54, 1.807) is 42.8 Å². The van der Waals surface area contributed by atoms with Crippen molar-refractivity contribution in [3.63, 3.8) is 0 Å². The molecule has 0 aliphatic carbocycles. The number of benzene rings is 1. The summed E-state index contributed by atoms with van der Waals surface area (Å²) in [5, 5.41) is 9.56. The van der Waals surface area contributed by atoms with Crippen LogP contribution >= 0.6 is 11.8 Å². The highest BCUT2D eigenvalue weighted by Crippen LogP contribution is 2.31. The van der Waals surface area contributed by atoms with Gasteiger partial charge in [-0.3, -0.25) is 43.3 Å². The Morgan fingerprint density at radius 1 is 0.829 bits per heavy atom. The molecule has 15 nitrogen and oxygen atoms in total. The molecule has 0 bridgehead atoms. The molecule has 0 saturated carbocycles. The number of rotatable bonds is 29.